The summed E-state index contributed by atoms with van der Waals surface area (Å²) in [6, 6.07) is 0.446. The number of aliphatic hydroxyl groups excluding tert-OH is 1. The van der Waals surface area contributed by atoms with Crippen LogP contribution in [0.1, 0.15) is 38.5 Å². The van der Waals surface area contributed by atoms with Crippen molar-refractivity contribution in [2.75, 3.05) is 0 Å². The highest BCUT2D eigenvalue weighted by atomic mass is 16.3. The number of hydrogen-bond donors (Lipinski definition) is 2. The Morgan fingerprint density at radius 3 is 2.42 bits per heavy atom. The Labute approximate surface area is 74.1 Å². The molecule has 2 heteroatoms. The fourth-order valence-electron chi connectivity index (χ4n) is 2.90. The smallest absolute Gasteiger partial charge is 0.0543 e. The minimum absolute atomic E-state index is 0.0134. The zero-order valence-electron chi connectivity index (χ0n) is 7.58. The number of fused-ring (bicyclic) bond motifs is 1. The zero-order chi connectivity index (χ0) is 8.55. The molecule has 0 aromatic carbocycles. The highest BCUT2D eigenvalue weighted by Crippen LogP contribution is 2.39. The van der Waals surface area contributed by atoms with Gasteiger partial charge in [0.25, 0.3) is 0 Å². The summed E-state index contributed by atoms with van der Waals surface area (Å²) in [5.41, 5.74) is 5.91. The minimum atomic E-state index is -0.0134. The molecule has 2 saturated carbocycles. The van der Waals surface area contributed by atoms with Gasteiger partial charge in [-0.15, -0.1) is 0 Å². The van der Waals surface area contributed by atoms with Crippen molar-refractivity contribution < 1.29 is 5.11 Å². The largest absolute Gasteiger partial charge is 0.393 e. The first-order valence-corrected chi connectivity index (χ1v) is 5.19. The fraction of sp³-hybridized carbons (Fsp3) is 1.00. The molecule has 0 aromatic heterocycles. The van der Waals surface area contributed by atoms with E-state index in [4.69, 9.17) is 5.73 Å². The summed E-state index contributed by atoms with van der Waals surface area (Å²) in [6.07, 6.45) is 6.87. The lowest BCUT2D eigenvalue weighted by Gasteiger charge is -2.39. The van der Waals surface area contributed by atoms with Crippen LogP contribution in [0.25, 0.3) is 0 Å². The number of hydrogen-bond acceptors (Lipinski definition) is 2. The van der Waals surface area contributed by atoms with E-state index in [1.54, 1.807) is 0 Å². The van der Waals surface area contributed by atoms with Gasteiger partial charge in [-0.05, 0) is 50.4 Å². The van der Waals surface area contributed by atoms with Gasteiger partial charge < -0.3 is 10.8 Å². The quantitative estimate of drug-likeness (QED) is 0.573. The Morgan fingerprint density at radius 1 is 0.917 bits per heavy atom. The number of rotatable bonds is 0. The maximum Gasteiger partial charge on any atom is 0.0543 e. The minimum Gasteiger partial charge on any atom is -0.393 e. The molecule has 2 nitrogen and oxygen atoms in total. The lowest BCUT2D eigenvalue weighted by Crippen LogP contribution is -2.37. The van der Waals surface area contributed by atoms with Crippen molar-refractivity contribution in [1.29, 1.82) is 0 Å². The van der Waals surface area contributed by atoms with Gasteiger partial charge in [0.2, 0.25) is 0 Å². The van der Waals surface area contributed by atoms with Crippen molar-refractivity contribution in [3.8, 4) is 0 Å². The van der Waals surface area contributed by atoms with Crippen molar-refractivity contribution in [2.45, 2.75) is 50.7 Å². The van der Waals surface area contributed by atoms with Gasteiger partial charge in [0, 0.05) is 6.04 Å². The second-order valence-corrected chi connectivity index (χ2v) is 4.56. The summed E-state index contributed by atoms with van der Waals surface area (Å²) in [4.78, 5) is 0. The summed E-state index contributed by atoms with van der Waals surface area (Å²) in [7, 11) is 0. The average Bonchev–Trinajstić information content (AvgIpc) is 2.05. The van der Waals surface area contributed by atoms with Crippen molar-refractivity contribution in [2.24, 2.45) is 17.6 Å². The average molecular weight is 169 g/mol. The van der Waals surface area contributed by atoms with Crippen LogP contribution in [0.4, 0.5) is 0 Å². The summed E-state index contributed by atoms with van der Waals surface area (Å²) in [6.45, 7) is 0. The standard InChI is InChI=1S/C10H19NO/c11-9-3-1-8-6-10(12)4-2-7(8)5-9/h7-10,12H,1-6,11H2. The fourth-order valence-corrected chi connectivity index (χ4v) is 2.90. The summed E-state index contributed by atoms with van der Waals surface area (Å²) >= 11 is 0. The summed E-state index contributed by atoms with van der Waals surface area (Å²) in [5.74, 6) is 1.62. The van der Waals surface area contributed by atoms with Crippen LogP contribution in [0, 0.1) is 11.8 Å². The van der Waals surface area contributed by atoms with Crippen LogP contribution < -0.4 is 5.73 Å². The molecule has 0 heterocycles. The Hall–Kier alpha value is -0.0800. The predicted octanol–water partition coefficient (Wildman–Crippen LogP) is 1.27. The highest BCUT2D eigenvalue weighted by Gasteiger charge is 2.33. The van der Waals surface area contributed by atoms with Crippen LogP contribution in [-0.4, -0.2) is 17.3 Å². The third-order valence-corrected chi connectivity index (χ3v) is 3.63. The molecule has 2 fully saturated rings. The molecule has 0 aliphatic heterocycles. The van der Waals surface area contributed by atoms with E-state index in [0.29, 0.717) is 6.04 Å². The molecule has 0 bridgehead atoms. The van der Waals surface area contributed by atoms with Gasteiger partial charge in [0.05, 0.1) is 6.10 Å². The van der Waals surface area contributed by atoms with Gasteiger partial charge in [-0.1, -0.05) is 0 Å². The van der Waals surface area contributed by atoms with Crippen molar-refractivity contribution in [3.63, 3.8) is 0 Å². The van der Waals surface area contributed by atoms with Crippen LogP contribution in [0.2, 0.25) is 0 Å². The summed E-state index contributed by atoms with van der Waals surface area (Å²) < 4.78 is 0. The van der Waals surface area contributed by atoms with Crippen molar-refractivity contribution in [1.82, 2.24) is 0 Å². The molecule has 0 aromatic rings. The molecule has 70 valence electrons. The van der Waals surface area contributed by atoms with E-state index in [9.17, 15) is 5.11 Å². The zero-order valence-corrected chi connectivity index (χ0v) is 7.58. The van der Waals surface area contributed by atoms with Crippen LogP contribution in [0.15, 0.2) is 0 Å². The Morgan fingerprint density at radius 2 is 1.58 bits per heavy atom. The van der Waals surface area contributed by atoms with Crippen molar-refractivity contribution >= 4 is 0 Å². The molecule has 0 saturated heterocycles. The second kappa shape index (κ2) is 3.35. The van der Waals surface area contributed by atoms with Gasteiger partial charge >= 0.3 is 0 Å². The van der Waals surface area contributed by atoms with Crippen LogP contribution in [0.5, 0.6) is 0 Å². The van der Waals surface area contributed by atoms with Crippen LogP contribution >= 0.6 is 0 Å². The molecular weight excluding hydrogens is 150 g/mol. The number of nitrogens with two attached hydrogens (primary N) is 1. The molecule has 0 spiro atoms. The molecule has 12 heavy (non-hydrogen) atoms. The first-order chi connectivity index (χ1) is 5.75. The monoisotopic (exact) mass is 169 g/mol. The molecule has 2 aliphatic rings. The highest BCUT2D eigenvalue weighted by molar-refractivity contribution is 4.87. The molecule has 4 unspecified atom stereocenters. The molecule has 4 atom stereocenters. The lowest BCUT2D eigenvalue weighted by atomic mass is 9.69. The van der Waals surface area contributed by atoms with Gasteiger partial charge in [0.15, 0.2) is 0 Å². The molecule has 2 rings (SSSR count). The molecule has 3 N–H and O–H groups in total. The van der Waals surface area contributed by atoms with E-state index in [2.05, 4.69) is 0 Å². The Kier molecular flexibility index (Phi) is 2.37. The topological polar surface area (TPSA) is 46.2 Å². The first-order valence-electron chi connectivity index (χ1n) is 5.19. The molecule has 0 radical (unpaired) electrons. The van der Waals surface area contributed by atoms with E-state index < -0.39 is 0 Å². The van der Waals surface area contributed by atoms with Gasteiger partial charge in [0.1, 0.15) is 0 Å². The van der Waals surface area contributed by atoms with E-state index in [0.717, 1.165) is 24.7 Å². The Balaban J connectivity index is 1.94. The third-order valence-electron chi connectivity index (χ3n) is 3.63. The normalized spacial score (nSPS) is 48.5. The Bertz CT molecular complexity index is 142. The molecule has 0 amide bonds. The maximum atomic E-state index is 9.48. The maximum absolute atomic E-state index is 9.48. The molecule has 2 aliphatic carbocycles. The molecular formula is C10H19NO. The van der Waals surface area contributed by atoms with Gasteiger partial charge in [-0.2, -0.15) is 0 Å². The van der Waals surface area contributed by atoms with Gasteiger partial charge in [-0.25, -0.2) is 0 Å². The second-order valence-electron chi connectivity index (χ2n) is 4.56. The van der Waals surface area contributed by atoms with E-state index in [-0.39, 0.29) is 6.10 Å². The SMILES string of the molecule is NC1CCC2CC(O)CCC2C1. The first kappa shape index (κ1) is 8.52. The van der Waals surface area contributed by atoms with E-state index in [1.807, 2.05) is 0 Å². The summed E-state index contributed by atoms with van der Waals surface area (Å²) in [5, 5.41) is 9.48. The van der Waals surface area contributed by atoms with E-state index in [1.165, 1.54) is 25.7 Å². The lowest BCUT2D eigenvalue weighted by molar-refractivity contribution is 0.0448. The van der Waals surface area contributed by atoms with Gasteiger partial charge in [-0.3, -0.25) is 0 Å². The number of aliphatic hydroxyl groups is 1. The van der Waals surface area contributed by atoms with Crippen molar-refractivity contribution in [3.05, 3.63) is 0 Å². The third kappa shape index (κ3) is 1.64. The van der Waals surface area contributed by atoms with Crippen LogP contribution in [0.3, 0.4) is 0 Å². The van der Waals surface area contributed by atoms with E-state index >= 15 is 0 Å². The van der Waals surface area contributed by atoms with Crippen LogP contribution in [-0.2, 0) is 0 Å². The predicted molar refractivity (Wildman–Crippen MR) is 48.7 cm³/mol.